The summed E-state index contributed by atoms with van der Waals surface area (Å²) in [5.74, 6) is 0.108. The molecule has 2 aliphatic heterocycles. The van der Waals surface area contributed by atoms with Gasteiger partial charge in [0.25, 0.3) is 0 Å². The van der Waals surface area contributed by atoms with Crippen molar-refractivity contribution < 1.29 is 28.1 Å². The largest absolute Gasteiger partial charge is 0.494 e. The van der Waals surface area contributed by atoms with E-state index in [2.05, 4.69) is 79.7 Å². The van der Waals surface area contributed by atoms with Crippen molar-refractivity contribution in [2.75, 3.05) is 0 Å². The fourth-order valence-corrected chi connectivity index (χ4v) is 6.07. The lowest BCUT2D eigenvalue weighted by Gasteiger charge is -2.33. The summed E-state index contributed by atoms with van der Waals surface area (Å²) in [5, 5.41) is 0. The molecule has 2 heterocycles. The minimum atomic E-state index is -1.22. The number of benzene rings is 4. The summed E-state index contributed by atoms with van der Waals surface area (Å²) in [4.78, 5) is 0. The van der Waals surface area contributed by atoms with Crippen molar-refractivity contribution in [1.29, 1.82) is 0 Å². The maximum absolute atomic E-state index is 6.95. The zero-order valence-corrected chi connectivity index (χ0v) is 27.3. The van der Waals surface area contributed by atoms with Gasteiger partial charge in [-0.2, -0.15) is 0 Å². The Hall–Kier alpha value is -3.55. The molecule has 2 fully saturated rings. The Bertz CT molecular complexity index is 1570. The molecule has 3 aliphatic rings. The number of ether oxygens (including phenoxy) is 2. The van der Waals surface area contributed by atoms with Gasteiger partial charge in [0, 0.05) is 11.1 Å². The second kappa shape index (κ2) is 10.2. The first-order valence-electron chi connectivity index (χ1n) is 15.7. The Morgan fingerprint density at radius 1 is 0.422 bits per heavy atom. The molecule has 230 valence electrons. The summed E-state index contributed by atoms with van der Waals surface area (Å²) in [6, 6.07) is 32.3. The van der Waals surface area contributed by atoms with Gasteiger partial charge in [-0.15, -0.1) is 0 Å². The highest BCUT2D eigenvalue weighted by Crippen LogP contribution is 2.50. The molecule has 8 heteroatoms. The van der Waals surface area contributed by atoms with Crippen molar-refractivity contribution in [3.05, 3.63) is 108 Å². The first-order valence-corrected chi connectivity index (χ1v) is 15.7. The fraction of sp³-hybridized carbons (Fsp3) is 0.351. The van der Waals surface area contributed by atoms with Crippen LogP contribution in [0.3, 0.4) is 0 Å². The molecule has 0 unspecified atom stereocenters. The van der Waals surface area contributed by atoms with Crippen LogP contribution in [0.4, 0.5) is 0 Å². The molecule has 4 aromatic carbocycles. The van der Waals surface area contributed by atoms with E-state index in [1.165, 1.54) is 0 Å². The predicted molar refractivity (Wildman–Crippen MR) is 178 cm³/mol. The molecule has 0 aromatic heterocycles. The summed E-state index contributed by atoms with van der Waals surface area (Å²) in [5.41, 5.74) is 4.24. The lowest BCUT2D eigenvalue weighted by molar-refractivity contribution is -0.0805. The maximum atomic E-state index is 6.95. The number of rotatable bonds is 6. The highest BCUT2D eigenvalue weighted by Gasteiger charge is 2.53. The van der Waals surface area contributed by atoms with E-state index < -0.39 is 42.4 Å². The second-order valence-electron chi connectivity index (χ2n) is 14.2. The number of hydrogen-bond acceptors (Lipinski definition) is 6. The van der Waals surface area contributed by atoms with Gasteiger partial charge in [-0.05, 0) is 102 Å². The van der Waals surface area contributed by atoms with E-state index in [0.29, 0.717) is 11.5 Å². The van der Waals surface area contributed by atoms with Crippen LogP contribution in [0.1, 0.15) is 66.5 Å². The van der Waals surface area contributed by atoms with E-state index >= 15 is 0 Å². The topological polar surface area (TPSA) is 55.4 Å². The van der Waals surface area contributed by atoms with Crippen LogP contribution in [0, 0.1) is 0 Å². The predicted octanol–water partition coefficient (Wildman–Crippen LogP) is 6.62. The molecule has 1 aliphatic carbocycles. The van der Waals surface area contributed by atoms with Crippen LogP contribution in [-0.2, 0) is 24.4 Å². The van der Waals surface area contributed by atoms with E-state index in [1.54, 1.807) is 0 Å². The van der Waals surface area contributed by atoms with Crippen molar-refractivity contribution in [3.8, 4) is 22.6 Å². The van der Waals surface area contributed by atoms with Gasteiger partial charge in [-0.25, -0.2) is 0 Å². The van der Waals surface area contributed by atoms with E-state index in [-0.39, 0.29) is 0 Å². The van der Waals surface area contributed by atoms with Crippen LogP contribution >= 0.6 is 0 Å². The van der Waals surface area contributed by atoms with Gasteiger partial charge >= 0.3 is 20.0 Å². The number of fused-ring (bicyclic) bond motifs is 3. The van der Waals surface area contributed by atoms with Crippen molar-refractivity contribution in [2.45, 2.75) is 83.6 Å². The van der Waals surface area contributed by atoms with Gasteiger partial charge in [0.05, 0.1) is 22.4 Å². The van der Waals surface area contributed by atoms with Crippen LogP contribution in [0.15, 0.2) is 97.1 Å². The standard InChI is InChI=1S/C37H40B2O6/c1-33(2)34(3,4)43-38(42-33)25-17-21-27(22-18-25)40-37(31-15-11-9-13-29(31)30-14-10-12-16-32(30)37)41-28-23-19-26(20-24-28)39-44-35(5,6)36(7,8)45-39/h9-24H,1-8H3. The molecular weight excluding hydrogens is 562 g/mol. The maximum Gasteiger partial charge on any atom is 0.494 e. The summed E-state index contributed by atoms with van der Waals surface area (Å²) in [7, 11) is -0.908. The summed E-state index contributed by atoms with van der Waals surface area (Å²) in [6.07, 6.45) is 0. The third-order valence-corrected chi connectivity index (χ3v) is 10.2. The monoisotopic (exact) mass is 602 g/mol. The molecule has 0 saturated carbocycles. The molecule has 4 aromatic rings. The lowest BCUT2D eigenvalue weighted by atomic mass is 9.79. The lowest BCUT2D eigenvalue weighted by Crippen LogP contribution is -2.41. The molecule has 2 saturated heterocycles. The molecule has 0 radical (unpaired) electrons. The van der Waals surface area contributed by atoms with Gasteiger partial charge in [0.2, 0.25) is 0 Å². The Morgan fingerprint density at radius 3 is 1.07 bits per heavy atom. The molecule has 0 amide bonds. The summed E-state index contributed by atoms with van der Waals surface area (Å²) in [6.45, 7) is 16.5. The minimum absolute atomic E-state index is 0.417. The second-order valence-corrected chi connectivity index (χ2v) is 14.2. The van der Waals surface area contributed by atoms with Crippen molar-refractivity contribution in [3.63, 3.8) is 0 Å². The van der Waals surface area contributed by atoms with Gasteiger partial charge in [0.15, 0.2) is 0 Å². The van der Waals surface area contributed by atoms with Gasteiger partial charge < -0.3 is 28.1 Å². The number of hydrogen-bond donors (Lipinski definition) is 0. The average Bonchev–Trinajstić information content (AvgIpc) is 3.49. The molecule has 0 bridgehead atoms. The zero-order chi connectivity index (χ0) is 31.8. The van der Waals surface area contributed by atoms with E-state index in [9.17, 15) is 0 Å². The van der Waals surface area contributed by atoms with Gasteiger partial charge in [-0.1, -0.05) is 72.8 Å². The third-order valence-electron chi connectivity index (χ3n) is 10.2. The smallest absolute Gasteiger partial charge is 0.444 e. The van der Waals surface area contributed by atoms with Crippen molar-refractivity contribution >= 4 is 25.2 Å². The van der Waals surface area contributed by atoms with E-state index in [0.717, 1.165) is 33.2 Å². The van der Waals surface area contributed by atoms with Crippen molar-refractivity contribution in [1.82, 2.24) is 0 Å². The molecule has 0 spiro atoms. The molecule has 7 rings (SSSR count). The minimum Gasteiger partial charge on any atom is -0.444 e. The zero-order valence-electron chi connectivity index (χ0n) is 27.3. The van der Waals surface area contributed by atoms with Crippen LogP contribution < -0.4 is 20.4 Å². The summed E-state index contributed by atoms with van der Waals surface area (Å²) >= 11 is 0. The average molecular weight is 602 g/mol. The Morgan fingerprint density at radius 2 is 0.733 bits per heavy atom. The van der Waals surface area contributed by atoms with E-state index in [4.69, 9.17) is 28.1 Å². The SMILES string of the molecule is CC1(C)OB(c2ccc(OC3(Oc4ccc(B5OC(C)(C)C(C)(C)O5)cc4)c4ccccc4-c4ccccc43)cc2)OC1(C)C. The summed E-state index contributed by atoms with van der Waals surface area (Å²) < 4.78 is 39.0. The van der Waals surface area contributed by atoms with Crippen LogP contribution in [0.5, 0.6) is 11.5 Å². The van der Waals surface area contributed by atoms with Crippen LogP contribution in [-0.4, -0.2) is 36.6 Å². The van der Waals surface area contributed by atoms with Gasteiger partial charge in [-0.3, -0.25) is 0 Å². The molecule has 0 atom stereocenters. The van der Waals surface area contributed by atoms with Crippen LogP contribution in [0.25, 0.3) is 11.1 Å². The molecular formula is C37H40B2O6. The Kier molecular flexibility index (Phi) is 6.85. The first-order chi connectivity index (χ1) is 21.2. The normalized spacial score (nSPS) is 21.3. The fourth-order valence-electron chi connectivity index (χ4n) is 6.07. The van der Waals surface area contributed by atoms with Crippen molar-refractivity contribution in [2.24, 2.45) is 0 Å². The van der Waals surface area contributed by atoms with Gasteiger partial charge in [0.1, 0.15) is 11.5 Å². The first kappa shape index (κ1) is 30.1. The molecule has 0 N–H and O–H groups in total. The quantitative estimate of drug-likeness (QED) is 0.183. The highest BCUT2D eigenvalue weighted by atomic mass is 16.7. The third kappa shape index (κ3) is 4.90. The molecule has 45 heavy (non-hydrogen) atoms. The Balaban J connectivity index is 1.23. The highest BCUT2D eigenvalue weighted by molar-refractivity contribution is 6.62. The Labute approximate surface area is 267 Å². The van der Waals surface area contributed by atoms with Crippen LogP contribution in [0.2, 0.25) is 0 Å². The van der Waals surface area contributed by atoms with E-state index in [1.807, 2.05) is 72.8 Å². The molecule has 6 nitrogen and oxygen atoms in total.